The molecular weight excluding hydrogens is 365 g/mol. The van der Waals surface area contributed by atoms with E-state index in [-0.39, 0.29) is 23.4 Å². The van der Waals surface area contributed by atoms with Crippen molar-refractivity contribution in [3.63, 3.8) is 0 Å². The molecule has 3 rings (SSSR count). The van der Waals surface area contributed by atoms with Crippen LogP contribution in [0, 0.1) is 5.82 Å². The molecule has 0 aromatic heterocycles. The van der Waals surface area contributed by atoms with Crippen LogP contribution in [0.1, 0.15) is 16.8 Å². The van der Waals surface area contributed by atoms with E-state index in [0.717, 1.165) is 11.8 Å². The zero-order valence-corrected chi connectivity index (χ0v) is 16.0. The highest BCUT2D eigenvalue weighted by molar-refractivity contribution is 5.95. The second-order valence-electron chi connectivity index (χ2n) is 7.02. The molecule has 0 saturated heterocycles. The Hall–Kier alpha value is -3.00. The maximum atomic E-state index is 13.1. The molecule has 0 aliphatic carbocycles. The molecule has 2 aromatic rings. The lowest BCUT2D eigenvalue weighted by Crippen LogP contribution is -2.44. The number of benzene rings is 2. The first-order valence-corrected chi connectivity index (χ1v) is 8.90. The number of phenols is 1. The largest absolute Gasteiger partial charge is 0.506 e. The van der Waals surface area contributed by atoms with Crippen LogP contribution in [0.15, 0.2) is 36.4 Å². The van der Waals surface area contributed by atoms with E-state index in [4.69, 9.17) is 4.74 Å². The number of aliphatic hydroxyl groups is 1. The van der Waals surface area contributed by atoms with Crippen LogP contribution < -0.4 is 15.0 Å². The number of rotatable bonds is 5. The normalized spacial score (nSPS) is 16.8. The summed E-state index contributed by atoms with van der Waals surface area (Å²) < 4.78 is 18.9. The molecule has 2 atom stereocenters. The highest BCUT2D eigenvalue weighted by Gasteiger charge is 2.28. The molecule has 0 radical (unpaired) electrons. The number of hydrogen-bond acceptors (Lipinski definition) is 6. The number of phenolic OH excluding ortho intramolecular Hbond substituents is 1. The Kier molecular flexibility index (Phi) is 5.60. The fraction of sp³-hybridized carbons (Fsp3) is 0.350. The van der Waals surface area contributed by atoms with Gasteiger partial charge in [0.05, 0.1) is 17.4 Å². The molecule has 2 aromatic carbocycles. The van der Waals surface area contributed by atoms with Crippen LogP contribution in [0.3, 0.4) is 0 Å². The molecule has 1 heterocycles. The number of ether oxygens (including phenoxy) is 1. The van der Waals surface area contributed by atoms with E-state index in [1.54, 1.807) is 32.3 Å². The van der Waals surface area contributed by atoms with Gasteiger partial charge in [0.15, 0.2) is 0 Å². The maximum absolute atomic E-state index is 13.1. The number of carbonyl (C=O) groups is 1. The summed E-state index contributed by atoms with van der Waals surface area (Å²) in [5, 5.41) is 22.9. The SMILES string of the molecule is CN(C)C(=O)c1ccc2c(c1)N(C)C(CC(O)Nc1ccc(F)cc1O)CO2. The molecule has 1 amide bonds. The molecule has 1 aliphatic rings. The van der Waals surface area contributed by atoms with E-state index in [0.29, 0.717) is 24.3 Å². The Morgan fingerprint density at radius 2 is 2.11 bits per heavy atom. The van der Waals surface area contributed by atoms with E-state index in [1.807, 2.05) is 11.9 Å². The van der Waals surface area contributed by atoms with Gasteiger partial charge in [0.1, 0.15) is 30.2 Å². The molecule has 150 valence electrons. The van der Waals surface area contributed by atoms with Gasteiger partial charge in [-0.1, -0.05) is 0 Å². The number of halogens is 1. The van der Waals surface area contributed by atoms with E-state index in [1.165, 1.54) is 17.0 Å². The molecule has 0 fully saturated rings. The average Bonchev–Trinajstić information content (AvgIpc) is 2.65. The fourth-order valence-electron chi connectivity index (χ4n) is 3.15. The van der Waals surface area contributed by atoms with Crippen LogP contribution in [0.2, 0.25) is 0 Å². The van der Waals surface area contributed by atoms with Crippen LogP contribution in [0.5, 0.6) is 11.5 Å². The Labute approximate surface area is 163 Å². The summed E-state index contributed by atoms with van der Waals surface area (Å²) in [4.78, 5) is 15.7. The first-order chi connectivity index (χ1) is 13.3. The fourth-order valence-corrected chi connectivity index (χ4v) is 3.15. The number of aliphatic hydroxyl groups excluding tert-OH is 1. The monoisotopic (exact) mass is 389 g/mol. The topological polar surface area (TPSA) is 85.3 Å². The summed E-state index contributed by atoms with van der Waals surface area (Å²) in [5.74, 6) is -0.262. The average molecular weight is 389 g/mol. The zero-order chi connectivity index (χ0) is 20.4. The third-order valence-electron chi connectivity index (χ3n) is 4.75. The standard InChI is InChI=1S/C20H24FN3O4/c1-23(2)20(27)12-4-7-18-16(8-12)24(3)14(11-28-18)10-19(26)22-15-6-5-13(21)9-17(15)25/h4-9,14,19,22,25-26H,10-11H2,1-3H3. The van der Waals surface area contributed by atoms with Crippen molar-refractivity contribution in [1.29, 1.82) is 0 Å². The van der Waals surface area contributed by atoms with Gasteiger partial charge in [-0.05, 0) is 30.3 Å². The van der Waals surface area contributed by atoms with E-state index >= 15 is 0 Å². The van der Waals surface area contributed by atoms with Gasteiger partial charge in [-0.25, -0.2) is 4.39 Å². The van der Waals surface area contributed by atoms with Crippen molar-refractivity contribution in [2.24, 2.45) is 0 Å². The van der Waals surface area contributed by atoms with Gasteiger partial charge < -0.3 is 30.1 Å². The number of carbonyl (C=O) groups excluding carboxylic acids is 1. The molecule has 1 aliphatic heterocycles. The minimum atomic E-state index is -0.986. The number of likely N-dealkylation sites (N-methyl/N-ethyl adjacent to an activating group) is 1. The van der Waals surface area contributed by atoms with Crippen LogP contribution in [0.4, 0.5) is 15.8 Å². The van der Waals surface area contributed by atoms with E-state index in [2.05, 4.69) is 5.32 Å². The summed E-state index contributed by atoms with van der Waals surface area (Å²) in [6, 6.07) is 8.64. The number of fused-ring (bicyclic) bond motifs is 1. The summed E-state index contributed by atoms with van der Waals surface area (Å²) in [7, 11) is 5.26. The molecular formula is C20H24FN3O4. The Bertz CT molecular complexity index is 875. The third-order valence-corrected chi connectivity index (χ3v) is 4.75. The number of aromatic hydroxyl groups is 1. The van der Waals surface area contributed by atoms with Crippen molar-refractivity contribution in [3.8, 4) is 11.5 Å². The molecule has 7 nitrogen and oxygen atoms in total. The summed E-state index contributed by atoms with van der Waals surface area (Å²) >= 11 is 0. The van der Waals surface area contributed by atoms with Gasteiger partial charge in [-0.15, -0.1) is 0 Å². The number of nitrogens with one attached hydrogen (secondary N) is 1. The van der Waals surface area contributed by atoms with Gasteiger partial charge in [0.2, 0.25) is 0 Å². The van der Waals surface area contributed by atoms with Crippen LogP contribution >= 0.6 is 0 Å². The van der Waals surface area contributed by atoms with E-state index < -0.39 is 12.0 Å². The second kappa shape index (κ2) is 7.93. The Balaban J connectivity index is 1.71. The minimum absolute atomic E-state index is 0.105. The van der Waals surface area contributed by atoms with Crippen molar-refractivity contribution in [2.45, 2.75) is 18.7 Å². The summed E-state index contributed by atoms with van der Waals surface area (Å²) in [5.41, 5.74) is 1.56. The molecule has 3 N–H and O–H groups in total. The van der Waals surface area contributed by atoms with Crippen molar-refractivity contribution < 1.29 is 24.1 Å². The third kappa shape index (κ3) is 4.12. The highest BCUT2D eigenvalue weighted by atomic mass is 19.1. The van der Waals surface area contributed by atoms with Gasteiger partial charge in [0, 0.05) is 39.2 Å². The molecule has 2 unspecified atom stereocenters. The lowest BCUT2D eigenvalue weighted by Gasteiger charge is -2.37. The smallest absolute Gasteiger partial charge is 0.253 e. The van der Waals surface area contributed by atoms with Crippen molar-refractivity contribution in [3.05, 3.63) is 47.8 Å². The lowest BCUT2D eigenvalue weighted by molar-refractivity contribution is 0.0827. The highest BCUT2D eigenvalue weighted by Crippen LogP contribution is 2.35. The van der Waals surface area contributed by atoms with Crippen LogP contribution in [-0.4, -0.2) is 61.0 Å². The molecule has 0 spiro atoms. The van der Waals surface area contributed by atoms with Gasteiger partial charge in [-0.3, -0.25) is 4.79 Å². The predicted molar refractivity (Wildman–Crippen MR) is 104 cm³/mol. The summed E-state index contributed by atoms with van der Waals surface area (Å²) in [6.07, 6.45) is -0.695. The molecule has 0 bridgehead atoms. The lowest BCUT2D eigenvalue weighted by atomic mass is 10.1. The van der Waals surface area contributed by atoms with Crippen molar-refractivity contribution >= 4 is 17.3 Å². The Morgan fingerprint density at radius 3 is 2.79 bits per heavy atom. The van der Waals surface area contributed by atoms with Crippen LogP contribution in [-0.2, 0) is 0 Å². The van der Waals surface area contributed by atoms with Gasteiger partial charge in [-0.2, -0.15) is 0 Å². The molecule has 8 heteroatoms. The zero-order valence-electron chi connectivity index (χ0n) is 16.0. The number of amides is 1. The van der Waals surface area contributed by atoms with Crippen LogP contribution in [0.25, 0.3) is 0 Å². The van der Waals surface area contributed by atoms with E-state index in [9.17, 15) is 19.4 Å². The first kappa shape index (κ1) is 19.8. The van der Waals surface area contributed by atoms with Gasteiger partial charge >= 0.3 is 0 Å². The minimum Gasteiger partial charge on any atom is -0.506 e. The maximum Gasteiger partial charge on any atom is 0.253 e. The molecule has 0 saturated carbocycles. The number of hydrogen-bond donors (Lipinski definition) is 3. The van der Waals surface area contributed by atoms with Crippen molar-refractivity contribution in [2.75, 3.05) is 38.0 Å². The quantitative estimate of drug-likeness (QED) is 0.537. The molecule has 28 heavy (non-hydrogen) atoms. The van der Waals surface area contributed by atoms with Gasteiger partial charge in [0.25, 0.3) is 5.91 Å². The number of nitrogens with zero attached hydrogens (tertiary/aromatic N) is 2. The summed E-state index contributed by atoms with van der Waals surface area (Å²) in [6.45, 7) is 0.360. The van der Waals surface area contributed by atoms with Crippen molar-refractivity contribution in [1.82, 2.24) is 4.90 Å². The Morgan fingerprint density at radius 1 is 1.36 bits per heavy atom. The second-order valence-corrected chi connectivity index (χ2v) is 7.02. The first-order valence-electron chi connectivity index (χ1n) is 8.90. The predicted octanol–water partition coefficient (Wildman–Crippen LogP) is 2.25. The number of anilines is 2.